The molecule has 0 radical (unpaired) electrons. The van der Waals surface area contributed by atoms with Crippen molar-refractivity contribution in [2.45, 2.75) is 18.4 Å². The molecule has 0 amide bonds. The van der Waals surface area contributed by atoms with Crippen LogP contribution < -0.4 is 15.0 Å². The van der Waals surface area contributed by atoms with Crippen molar-refractivity contribution in [1.82, 2.24) is 9.29 Å². The smallest absolute Gasteiger partial charge is 0.349 e. The molecule has 0 aliphatic rings. The number of hydrogen-bond acceptors (Lipinski definition) is 7. The maximum atomic E-state index is 12.4. The van der Waals surface area contributed by atoms with Gasteiger partial charge in [-0.15, -0.1) is 11.3 Å². The maximum absolute atomic E-state index is 12.4. The third-order valence-corrected chi connectivity index (χ3v) is 5.99. The van der Waals surface area contributed by atoms with E-state index in [-0.39, 0.29) is 28.4 Å². The highest BCUT2D eigenvalue weighted by atomic mass is 32.2. The van der Waals surface area contributed by atoms with Gasteiger partial charge in [0, 0.05) is 24.8 Å². The normalized spacial score (nSPS) is 11.3. The number of ether oxygens (including phenoxy) is 2. The summed E-state index contributed by atoms with van der Waals surface area (Å²) >= 11 is 0.985. The van der Waals surface area contributed by atoms with Gasteiger partial charge in [0.2, 0.25) is 10.0 Å². The largest absolute Gasteiger partial charge is 0.496 e. The van der Waals surface area contributed by atoms with Gasteiger partial charge in [0.15, 0.2) is 0 Å². The summed E-state index contributed by atoms with van der Waals surface area (Å²) in [5, 5.41) is 1.50. The zero-order chi connectivity index (χ0) is 18.6. The highest BCUT2D eigenvalue weighted by Crippen LogP contribution is 2.22. The van der Waals surface area contributed by atoms with Gasteiger partial charge in [-0.2, -0.15) is 0 Å². The molecule has 0 aromatic carbocycles. The second-order valence-corrected chi connectivity index (χ2v) is 7.68. The Morgan fingerprint density at radius 1 is 1.32 bits per heavy atom. The van der Waals surface area contributed by atoms with Crippen molar-refractivity contribution in [3.63, 3.8) is 0 Å². The summed E-state index contributed by atoms with van der Waals surface area (Å²) in [5.41, 5.74) is 0.358. The Kier molecular flexibility index (Phi) is 5.98. The van der Waals surface area contributed by atoms with Gasteiger partial charge in [-0.1, -0.05) is 0 Å². The zero-order valence-electron chi connectivity index (χ0n) is 13.9. The second kappa shape index (κ2) is 7.81. The first-order chi connectivity index (χ1) is 11.8. The fourth-order valence-corrected chi connectivity index (χ4v) is 4.58. The van der Waals surface area contributed by atoms with E-state index < -0.39 is 16.0 Å². The summed E-state index contributed by atoms with van der Waals surface area (Å²) in [5.74, 6) is -0.266. The molecule has 0 saturated carbocycles. The zero-order valence-corrected chi connectivity index (χ0v) is 15.6. The molecule has 10 heteroatoms. The van der Waals surface area contributed by atoms with Crippen molar-refractivity contribution >= 4 is 27.3 Å². The van der Waals surface area contributed by atoms with Gasteiger partial charge in [0.25, 0.3) is 5.56 Å². The van der Waals surface area contributed by atoms with E-state index in [2.05, 4.69) is 9.46 Å². The van der Waals surface area contributed by atoms with Crippen LogP contribution in [-0.2, 0) is 21.3 Å². The number of esters is 1. The van der Waals surface area contributed by atoms with E-state index in [4.69, 9.17) is 4.74 Å². The van der Waals surface area contributed by atoms with Crippen LogP contribution in [0.5, 0.6) is 5.75 Å². The molecule has 0 atom stereocenters. The van der Waals surface area contributed by atoms with E-state index in [9.17, 15) is 18.0 Å². The number of aryl methyl sites for hydroxylation is 1. The van der Waals surface area contributed by atoms with Crippen LogP contribution in [0.4, 0.5) is 0 Å². The van der Waals surface area contributed by atoms with Crippen LogP contribution >= 0.6 is 11.3 Å². The Morgan fingerprint density at radius 3 is 2.64 bits per heavy atom. The lowest BCUT2D eigenvalue weighted by Gasteiger charge is -2.12. The molecule has 0 unspecified atom stereocenters. The number of nitrogens with one attached hydrogen (secondary N) is 1. The first-order valence-electron chi connectivity index (χ1n) is 7.21. The fraction of sp³-hybridized carbons (Fsp3) is 0.333. The number of carbonyl (C=O) groups is 1. The summed E-state index contributed by atoms with van der Waals surface area (Å²) in [6.07, 6.45) is 0. The average molecular weight is 386 g/mol. The molecular formula is C15H18N2O6S2. The number of hydrogen-bond donors (Lipinski definition) is 1. The first kappa shape index (κ1) is 19.2. The SMILES string of the molecule is COC(=O)c1sccc1S(=O)(=O)NCCn1c(C)cc(OC)cc1=O. The Balaban J connectivity index is 2.13. The van der Waals surface area contributed by atoms with Crippen molar-refractivity contribution < 1.29 is 22.7 Å². The summed E-state index contributed by atoms with van der Waals surface area (Å²) < 4.78 is 38.2. The van der Waals surface area contributed by atoms with E-state index in [1.54, 1.807) is 13.0 Å². The monoisotopic (exact) mass is 386 g/mol. The molecule has 0 spiro atoms. The van der Waals surface area contributed by atoms with Crippen LogP contribution in [0.2, 0.25) is 0 Å². The maximum Gasteiger partial charge on any atom is 0.349 e. The average Bonchev–Trinajstić information content (AvgIpc) is 3.07. The van der Waals surface area contributed by atoms with E-state index >= 15 is 0 Å². The number of nitrogens with zero attached hydrogens (tertiary/aromatic N) is 1. The van der Waals surface area contributed by atoms with Crippen molar-refractivity contribution in [3.8, 4) is 5.75 Å². The molecule has 2 aromatic heterocycles. The molecular weight excluding hydrogens is 368 g/mol. The quantitative estimate of drug-likeness (QED) is 0.712. The molecule has 0 aliphatic carbocycles. The predicted octanol–water partition coefficient (Wildman–Crippen LogP) is 0.992. The van der Waals surface area contributed by atoms with Crippen molar-refractivity contribution in [2.75, 3.05) is 20.8 Å². The summed E-state index contributed by atoms with van der Waals surface area (Å²) in [7, 11) is -1.24. The molecule has 2 heterocycles. The van der Waals surface area contributed by atoms with E-state index in [1.165, 1.54) is 36.3 Å². The Hall–Kier alpha value is -2.17. The minimum Gasteiger partial charge on any atom is -0.496 e. The minimum atomic E-state index is -3.89. The number of methoxy groups -OCH3 is 2. The molecule has 25 heavy (non-hydrogen) atoms. The van der Waals surface area contributed by atoms with Gasteiger partial charge in [-0.05, 0) is 24.4 Å². The van der Waals surface area contributed by atoms with Crippen LogP contribution in [0.3, 0.4) is 0 Å². The Morgan fingerprint density at radius 2 is 2.04 bits per heavy atom. The third kappa shape index (κ3) is 4.27. The molecule has 2 rings (SSSR count). The molecule has 0 fully saturated rings. The minimum absolute atomic E-state index is 0.00722. The lowest BCUT2D eigenvalue weighted by molar-refractivity contribution is 0.0602. The molecule has 136 valence electrons. The third-order valence-electron chi connectivity index (χ3n) is 3.46. The van der Waals surface area contributed by atoms with Crippen LogP contribution in [0, 0.1) is 6.92 Å². The van der Waals surface area contributed by atoms with Gasteiger partial charge in [0.05, 0.1) is 14.2 Å². The number of thiophene rings is 1. The summed E-state index contributed by atoms with van der Waals surface area (Å²) in [4.78, 5) is 23.5. The highest BCUT2D eigenvalue weighted by Gasteiger charge is 2.24. The lowest BCUT2D eigenvalue weighted by Crippen LogP contribution is -2.32. The standard InChI is InChI=1S/C15H18N2O6S2/c1-10-8-11(22-2)9-13(18)17(10)6-5-16-25(20,21)12-4-7-24-14(12)15(19)23-3/h4,7-9,16H,5-6H2,1-3H3. The number of carbonyl (C=O) groups excluding carboxylic acids is 1. The van der Waals surface area contributed by atoms with E-state index in [1.807, 2.05) is 0 Å². The van der Waals surface area contributed by atoms with E-state index in [0.717, 1.165) is 11.3 Å². The fourth-order valence-electron chi connectivity index (χ4n) is 2.22. The van der Waals surface area contributed by atoms with Gasteiger partial charge in [-0.3, -0.25) is 4.79 Å². The van der Waals surface area contributed by atoms with Crippen LogP contribution in [0.1, 0.15) is 15.4 Å². The molecule has 2 aromatic rings. The number of sulfonamides is 1. The van der Waals surface area contributed by atoms with Crippen molar-refractivity contribution in [1.29, 1.82) is 0 Å². The molecule has 1 N–H and O–H groups in total. The van der Waals surface area contributed by atoms with Gasteiger partial charge in [-0.25, -0.2) is 17.9 Å². The lowest BCUT2D eigenvalue weighted by atomic mass is 10.3. The van der Waals surface area contributed by atoms with Crippen LogP contribution in [0.15, 0.2) is 33.3 Å². The Bertz CT molecular complexity index is 930. The molecule has 0 bridgehead atoms. The van der Waals surface area contributed by atoms with Crippen LogP contribution in [-0.4, -0.2) is 39.7 Å². The summed E-state index contributed by atoms with van der Waals surface area (Å²) in [6, 6.07) is 4.35. The second-order valence-electron chi connectivity index (χ2n) is 5.03. The number of pyridine rings is 1. The van der Waals surface area contributed by atoms with Crippen molar-refractivity contribution in [3.05, 3.63) is 44.5 Å². The predicted molar refractivity (Wildman–Crippen MR) is 92.8 cm³/mol. The topological polar surface area (TPSA) is 104 Å². The highest BCUT2D eigenvalue weighted by molar-refractivity contribution is 7.89. The van der Waals surface area contributed by atoms with Crippen LogP contribution in [0.25, 0.3) is 0 Å². The van der Waals surface area contributed by atoms with Gasteiger partial charge >= 0.3 is 5.97 Å². The van der Waals surface area contributed by atoms with Gasteiger partial charge < -0.3 is 14.0 Å². The van der Waals surface area contributed by atoms with Crippen molar-refractivity contribution in [2.24, 2.45) is 0 Å². The number of aromatic nitrogens is 1. The molecule has 0 saturated heterocycles. The first-order valence-corrected chi connectivity index (χ1v) is 9.57. The summed E-state index contributed by atoms with van der Waals surface area (Å²) in [6.45, 7) is 1.87. The molecule has 0 aliphatic heterocycles. The van der Waals surface area contributed by atoms with Gasteiger partial charge in [0.1, 0.15) is 15.5 Å². The van der Waals surface area contributed by atoms with E-state index in [0.29, 0.717) is 11.4 Å². The Labute approximate surface area is 149 Å². The molecule has 8 nitrogen and oxygen atoms in total. The number of rotatable bonds is 7.